The number of pyridine rings is 1. The number of hydrogen-bond donors (Lipinski definition) is 1. The SMILES string of the molecule is CCC(N)Cc1cccc(C)c1OCc1cccc(C)n1. The Balaban J connectivity index is 2.15. The second kappa shape index (κ2) is 7.23. The van der Waals surface area contributed by atoms with Crippen LogP contribution in [0.15, 0.2) is 36.4 Å². The van der Waals surface area contributed by atoms with E-state index in [-0.39, 0.29) is 6.04 Å². The minimum atomic E-state index is 0.172. The largest absolute Gasteiger partial charge is 0.487 e. The van der Waals surface area contributed by atoms with E-state index in [9.17, 15) is 0 Å². The molecule has 0 saturated heterocycles. The maximum atomic E-state index is 6.08. The first-order valence-electron chi connectivity index (χ1n) is 7.49. The van der Waals surface area contributed by atoms with E-state index in [2.05, 4.69) is 37.0 Å². The number of para-hydroxylation sites is 1. The van der Waals surface area contributed by atoms with Crippen LogP contribution in [0.3, 0.4) is 0 Å². The van der Waals surface area contributed by atoms with Gasteiger partial charge < -0.3 is 10.5 Å². The van der Waals surface area contributed by atoms with Gasteiger partial charge in [-0.05, 0) is 49.9 Å². The molecule has 0 amide bonds. The van der Waals surface area contributed by atoms with Crippen molar-refractivity contribution < 1.29 is 4.74 Å². The Kier molecular flexibility index (Phi) is 5.34. The Morgan fingerprint density at radius 3 is 2.62 bits per heavy atom. The lowest BCUT2D eigenvalue weighted by molar-refractivity contribution is 0.295. The zero-order chi connectivity index (χ0) is 15.2. The van der Waals surface area contributed by atoms with Gasteiger partial charge in [0.2, 0.25) is 0 Å². The predicted molar refractivity (Wildman–Crippen MR) is 86.5 cm³/mol. The quantitative estimate of drug-likeness (QED) is 0.882. The Bertz CT molecular complexity index is 596. The second-order valence-electron chi connectivity index (χ2n) is 5.49. The molecule has 1 aromatic carbocycles. The van der Waals surface area contributed by atoms with E-state index in [1.807, 2.05) is 25.1 Å². The standard InChI is InChI=1S/C18H24N2O/c1-4-16(19)11-15-9-5-7-13(2)18(15)21-12-17-10-6-8-14(3)20-17/h5-10,16H,4,11-12,19H2,1-3H3. The molecule has 0 bridgehead atoms. The van der Waals surface area contributed by atoms with E-state index in [1.54, 1.807) is 0 Å². The van der Waals surface area contributed by atoms with Crippen molar-refractivity contribution in [1.82, 2.24) is 4.98 Å². The highest BCUT2D eigenvalue weighted by Crippen LogP contribution is 2.25. The maximum absolute atomic E-state index is 6.08. The van der Waals surface area contributed by atoms with Crippen LogP contribution in [0.5, 0.6) is 5.75 Å². The lowest BCUT2D eigenvalue weighted by atomic mass is 10.0. The lowest BCUT2D eigenvalue weighted by Crippen LogP contribution is -2.21. The molecule has 1 unspecified atom stereocenters. The monoisotopic (exact) mass is 284 g/mol. The summed E-state index contributed by atoms with van der Waals surface area (Å²) >= 11 is 0. The van der Waals surface area contributed by atoms with Crippen LogP contribution in [0.2, 0.25) is 0 Å². The van der Waals surface area contributed by atoms with Gasteiger partial charge in [0, 0.05) is 11.7 Å². The summed E-state index contributed by atoms with van der Waals surface area (Å²) in [6.07, 6.45) is 1.81. The number of aryl methyl sites for hydroxylation is 2. The van der Waals surface area contributed by atoms with Crippen LogP contribution in [0, 0.1) is 13.8 Å². The molecule has 2 rings (SSSR count). The van der Waals surface area contributed by atoms with E-state index in [4.69, 9.17) is 10.5 Å². The molecule has 3 nitrogen and oxygen atoms in total. The average molecular weight is 284 g/mol. The van der Waals surface area contributed by atoms with Crippen LogP contribution < -0.4 is 10.5 Å². The van der Waals surface area contributed by atoms with Crippen molar-refractivity contribution in [3.05, 3.63) is 58.9 Å². The summed E-state index contributed by atoms with van der Waals surface area (Å²) in [5, 5.41) is 0. The Hall–Kier alpha value is -1.87. The Labute approximate surface area is 127 Å². The first-order chi connectivity index (χ1) is 10.1. The van der Waals surface area contributed by atoms with Gasteiger partial charge >= 0.3 is 0 Å². The van der Waals surface area contributed by atoms with Crippen LogP contribution in [0.4, 0.5) is 0 Å². The topological polar surface area (TPSA) is 48.1 Å². The molecule has 21 heavy (non-hydrogen) atoms. The molecule has 0 spiro atoms. The smallest absolute Gasteiger partial charge is 0.130 e. The van der Waals surface area contributed by atoms with Crippen molar-refractivity contribution in [3.63, 3.8) is 0 Å². The van der Waals surface area contributed by atoms with E-state index in [0.717, 1.165) is 35.5 Å². The summed E-state index contributed by atoms with van der Waals surface area (Å²) in [6, 6.07) is 12.4. The van der Waals surface area contributed by atoms with Gasteiger partial charge in [0.25, 0.3) is 0 Å². The molecule has 0 aliphatic heterocycles. The molecule has 0 fully saturated rings. The molecule has 2 aromatic rings. The predicted octanol–water partition coefficient (Wildman–Crippen LogP) is 3.56. The third-order valence-electron chi connectivity index (χ3n) is 3.61. The van der Waals surface area contributed by atoms with Gasteiger partial charge in [-0.15, -0.1) is 0 Å². The van der Waals surface area contributed by atoms with Crippen LogP contribution in [0.1, 0.15) is 35.9 Å². The van der Waals surface area contributed by atoms with Gasteiger partial charge in [-0.1, -0.05) is 31.2 Å². The third-order valence-corrected chi connectivity index (χ3v) is 3.61. The van der Waals surface area contributed by atoms with Crippen LogP contribution in [-0.2, 0) is 13.0 Å². The summed E-state index contributed by atoms with van der Waals surface area (Å²) in [6.45, 7) is 6.65. The number of nitrogens with two attached hydrogens (primary N) is 1. The van der Waals surface area contributed by atoms with Crippen molar-refractivity contribution in [2.75, 3.05) is 0 Å². The zero-order valence-electron chi connectivity index (χ0n) is 13.1. The van der Waals surface area contributed by atoms with Gasteiger partial charge in [0.15, 0.2) is 0 Å². The molecule has 1 heterocycles. The van der Waals surface area contributed by atoms with Crippen LogP contribution >= 0.6 is 0 Å². The Morgan fingerprint density at radius 1 is 1.14 bits per heavy atom. The molecule has 1 aromatic heterocycles. The molecule has 2 N–H and O–H groups in total. The highest BCUT2D eigenvalue weighted by molar-refractivity contribution is 5.41. The van der Waals surface area contributed by atoms with Crippen LogP contribution in [-0.4, -0.2) is 11.0 Å². The van der Waals surface area contributed by atoms with Crippen molar-refractivity contribution in [3.8, 4) is 5.75 Å². The van der Waals surface area contributed by atoms with Crippen molar-refractivity contribution in [2.24, 2.45) is 5.73 Å². The number of nitrogens with zero attached hydrogens (tertiary/aromatic N) is 1. The number of rotatable bonds is 6. The van der Waals surface area contributed by atoms with Crippen molar-refractivity contribution in [2.45, 2.75) is 46.3 Å². The van der Waals surface area contributed by atoms with Crippen molar-refractivity contribution in [1.29, 1.82) is 0 Å². The summed E-state index contributed by atoms with van der Waals surface area (Å²) in [7, 11) is 0. The minimum absolute atomic E-state index is 0.172. The fourth-order valence-corrected chi connectivity index (χ4v) is 2.33. The fourth-order valence-electron chi connectivity index (χ4n) is 2.33. The number of hydrogen-bond acceptors (Lipinski definition) is 3. The van der Waals surface area contributed by atoms with Gasteiger partial charge in [0.1, 0.15) is 12.4 Å². The molecular formula is C18H24N2O. The summed E-state index contributed by atoms with van der Waals surface area (Å²) in [5.41, 5.74) is 10.4. The van der Waals surface area contributed by atoms with E-state index < -0.39 is 0 Å². The molecule has 0 saturated carbocycles. The molecule has 3 heteroatoms. The minimum Gasteiger partial charge on any atom is -0.487 e. The first kappa shape index (κ1) is 15.5. The first-order valence-corrected chi connectivity index (χ1v) is 7.49. The van der Waals surface area contributed by atoms with E-state index >= 15 is 0 Å². The molecule has 112 valence electrons. The highest BCUT2D eigenvalue weighted by atomic mass is 16.5. The molecular weight excluding hydrogens is 260 g/mol. The zero-order valence-corrected chi connectivity index (χ0v) is 13.1. The maximum Gasteiger partial charge on any atom is 0.130 e. The number of benzene rings is 1. The molecule has 0 radical (unpaired) electrons. The average Bonchev–Trinajstić information content (AvgIpc) is 2.46. The van der Waals surface area contributed by atoms with E-state index in [1.165, 1.54) is 5.56 Å². The molecule has 0 aliphatic rings. The molecule has 1 atom stereocenters. The normalized spacial score (nSPS) is 12.2. The van der Waals surface area contributed by atoms with Gasteiger partial charge in [-0.2, -0.15) is 0 Å². The summed E-state index contributed by atoms with van der Waals surface area (Å²) in [4.78, 5) is 4.48. The van der Waals surface area contributed by atoms with Gasteiger partial charge in [-0.25, -0.2) is 0 Å². The fraction of sp³-hybridized carbons (Fsp3) is 0.389. The number of aromatic nitrogens is 1. The van der Waals surface area contributed by atoms with Crippen molar-refractivity contribution >= 4 is 0 Å². The highest BCUT2D eigenvalue weighted by Gasteiger charge is 2.10. The molecule has 0 aliphatic carbocycles. The lowest BCUT2D eigenvalue weighted by Gasteiger charge is -2.16. The third kappa shape index (κ3) is 4.30. The summed E-state index contributed by atoms with van der Waals surface area (Å²) < 4.78 is 6.04. The Morgan fingerprint density at radius 2 is 1.90 bits per heavy atom. The number of ether oxygens (including phenoxy) is 1. The second-order valence-corrected chi connectivity index (χ2v) is 5.49. The van der Waals surface area contributed by atoms with Gasteiger partial charge in [0.05, 0.1) is 5.69 Å². The summed E-state index contributed by atoms with van der Waals surface area (Å²) in [5.74, 6) is 0.949. The van der Waals surface area contributed by atoms with Crippen LogP contribution in [0.25, 0.3) is 0 Å². The van der Waals surface area contributed by atoms with E-state index in [0.29, 0.717) is 6.61 Å². The van der Waals surface area contributed by atoms with Gasteiger partial charge in [-0.3, -0.25) is 4.98 Å².